The molecular weight excluding hydrogens is 308 g/mol. The van der Waals surface area contributed by atoms with Gasteiger partial charge in [0.1, 0.15) is 6.04 Å². The van der Waals surface area contributed by atoms with E-state index in [1.165, 1.54) is 38.2 Å². The standard InChI is InChI=1S/C14H16N2O5S/c1-4-9-15-22(20,21)12-7-5-11(6-8-12)13(17)16(3)10(2)14(18)19/h1,5-8,10,15H,9H2,2-3H3,(H,18,19). The minimum Gasteiger partial charge on any atom is -0.480 e. The molecule has 1 unspecified atom stereocenters. The van der Waals surface area contributed by atoms with Gasteiger partial charge in [-0.15, -0.1) is 6.42 Å². The fourth-order valence-corrected chi connectivity index (χ4v) is 2.48. The largest absolute Gasteiger partial charge is 0.480 e. The van der Waals surface area contributed by atoms with Crippen LogP contribution in [0.2, 0.25) is 0 Å². The van der Waals surface area contributed by atoms with E-state index in [2.05, 4.69) is 10.6 Å². The second-order valence-corrected chi connectivity index (χ2v) is 6.25. The summed E-state index contributed by atoms with van der Waals surface area (Å²) in [5.41, 5.74) is 0.187. The number of nitrogens with one attached hydrogen (secondary N) is 1. The number of nitrogens with zero attached hydrogens (tertiary/aromatic N) is 1. The lowest BCUT2D eigenvalue weighted by Crippen LogP contribution is -2.40. The van der Waals surface area contributed by atoms with Crippen LogP contribution in [-0.4, -0.2) is 49.9 Å². The van der Waals surface area contributed by atoms with Crippen LogP contribution < -0.4 is 4.72 Å². The summed E-state index contributed by atoms with van der Waals surface area (Å²) in [6, 6.07) is 4.15. The van der Waals surface area contributed by atoms with E-state index < -0.39 is 27.9 Å². The first-order chi connectivity index (χ1) is 10.2. The average Bonchev–Trinajstić information content (AvgIpc) is 2.50. The monoisotopic (exact) mass is 324 g/mol. The Bertz CT molecular complexity index is 704. The van der Waals surface area contributed by atoms with Gasteiger partial charge in [0.05, 0.1) is 11.4 Å². The molecule has 0 saturated heterocycles. The third kappa shape index (κ3) is 4.07. The number of hydrogen-bond acceptors (Lipinski definition) is 4. The highest BCUT2D eigenvalue weighted by molar-refractivity contribution is 7.89. The molecule has 2 N–H and O–H groups in total. The number of hydrogen-bond donors (Lipinski definition) is 2. The van der Waals surface area contributed by atoms with Crippen LogP contribution in [0.15, 0.2) is 29.2 Å². The maximum Gasteiger partial charge on any atom is 0.326 e. The zero-order valence-electron chi connectivity index (χ0n) is 12.1. The number of terminal acetylenes is 1. The maximum atomic E-state index is 12.1. The summed E-state index contributed by atoms with van der Waals surface area (Å²) in [4.78, 5) is 24.0. The summed E-state index contributed by atoms with van der Waals surface area (Å²) in [6.45, 7) is 1.24. The molecule has 8 heteroatoms. The predicted molar refractivity (Wildman–Crippen MR) is 79.7 cm³/mol. The molecule has 0 bridgehead atoms. The third-order valence-electron chi connectivity index (χ3n) is 3.03. The van der Waals surface area contributed by atoms with E-state index >= 15 is 0 Å². The lowest BCUT2D eigenvalue weighted by Gasteiger charge is -2.21. The van der Waals surface area contributed by atoms with Crippen LogP contribution >= 0.6 is 0 Å². The third-order valence-corrected chi connectivity index (χ3v) is 4.45. The Morgan fingerprint density at radius 1 is 1.36 bits per heavy atom. The molecule has 1 rings (SSSR count). The summed E-state index contributed by atoms with van der Waals surface area (Å²) < 4.78 is 25.8. The summed E-state index contributed by atoms with van der Waals surface area (Å²) in [6.07, 6.45) is 4.99. The zero-order valence-corrected chi connectivity index (χ0v) is 12.9. The molecule has 1 amide bonds. The molecule has 1 aromatic rings. The predicted octanol–water partition coefficient (Wildman–Crippen LogP) is 0.143. The molecule has 1 aromatic carbocycles. The van der Waals surface area contributed by atoms with Crippen molar-refractivity contribution in [2.75, 3.05) is 13.6 Å². The van der Waals surface area contributed by atoms with Crippen LogP contribution in [0, 0.1) is 12.3 Å². The molecule has 118 valence electrons. The molecule has 0 spiro atoms. The Morgan fingerprint density at radius 3 is 2.36 bits per heavy atom. The van der Waals surface area contributed by atoms with E-state index in [1.807, 2.05) is 0 Å². The van der Waals surface area contributed by atoms with Gasteiger partial charge in [-0.05, 0) is 31.2 Å². The second kappa shape index (κ2) is 7.06. The van der Waals surface area contributed by atoms with E-state index in [4.69, 9.17) is 11.5 Å². The Hall–Kier alpha value is -2.37. The van der Waals surface area contributed by atoms with Gasteiger partial charge in [0.15, 0.2) is 0 Å². The Labute approximate surface area is 129 Å². The number of carbonyl (C=O) groups excluding carboxylic acids is 1. The van der Waals surface area contributed by atoms with Gasteiger partial charge in [-0.25, -0.2) is 13.2 Å². The molecule has 0 fully saturated rings. The number of benzene rings is 1. The van der Waals surface area contributed by atoms with Crippen LogP contribution in [0.4, 0.5) is 0 Å². The molecule has 0 saturated carbocycles. The van der Waals surface area contributed by atoms with Crippen molar-refractivity contribution >= 4 is 21.9 Å². The topological polar surface area (TPSA) is 104 Å². The van der Waals surface area contributed by atoms with Crippen molar-refractivity contribution in [2.24, 2.45) is 0 Å². The fraction of sp³-hybridized carbons (Fsp3) is 0.286. The molecular formula is C14H16N2O5S. The van der Waals surface area contributed by atoms with Gasteiger partial charge >= 0.3 is 5.97 Å². The number of amides is 1. The Morgan fingerprint density at radius 2 is 1.91 bits per heavy atom. The highest BCUT2D eigenvalue weighted by Gasteiger charge is 2.23. The van der Waals surface area contributed by atoms with Crippen LogP contribution in [0.3, 0.4) is 0 Å². The molecule has 0 aromatic heterocycles. The summed E-state index contributed by atoms with van der Waals surface area (Å²) in [5, 5.41) is 8.88. The summed E-state index contributed by atoms with van der Waals surface area (Å²) >= 11 is 0. The van der Waals surface area contributed by atoms with Crippen molar-refractivity contribution in [3.05, 3.63) is 29.8 Å². The maximum absolute atomic E-state index is 12.1. The van der Waals surface area contributed by atoms with Crippen LogP contribution in [0.25, 0.3) is 0 Å². The molecule has 0 aliphatic heterocycles. The number of carboxylic acids is 1. The van der Waals surface area contributed by atoms with Gasteiger partial charge in [0, 0.05) is 12.6 Å². The second-order valence-electron chi connectivity index (χ2n) is 4.48. The average molecular weight is 324 g/mol. The van der Waals surface area contributed by atoms with E-state index in [-0.39, 0.29) is 17.0 Å². The summed E-state index contributed by atoms with van der Waals surface area (Å²) in [7, 11) is -2.37. The molecule has 7 nitrogen and oxygen atoms in total. The molecule has 0 aliphatic rings. The number of likely N-dealkylation sites (N-methyl/N-ethyl adjacent to an activating group) is 1. The normalized spacial score (nSPS) is 12.2. The van der Waals surface area contributed by atoms with Gasteiger partial charge < -0.3 is 10.0 Å². The van der Waals surface area contributed by atoms with E-state index in [9.17, 15) is 18.0 Å². The van der Waals surface area contributed by atoms with Gasteiger partial charge in [-0.1, -0.05) is 5.92 Å². The van der Waals surface area contributed by atoms with Crippen molar-refractivity contribution in [3.63, 3.8) is 0 Å². The molecule has 1 atom stereocenters. The van der Waals surface area contributed by atoms with Crippen molar-refractivity contribution in [2.45, 2.75) is 17.9 Å². The molecule has 22 heavy (non-hydrogen) atoms. The van der Waals surface area contributed by atoms with Crippen LogP contribution in [-0.2, 0) is 14.8 Å². The van der Waals surface area contributed by atoms with Crippen LogP contribution in [0.1, 0.15) is 17.3 Å². The van der Waals surface area contributed by atoms with E-state index in [0.717, 1.165) is 4.90 Å². The highest BCUT2D eigenvalue weighted by atomic mass is 32.2. The first-order valence-corrected chi connectivity index (χ1v) is 7.72. The minimum atomic E-state index is -3.73. The van der Waals surface area contributed by atoms with Crippen LogP contribution in [0.5, 0.6) is 0 Å². The summed E-state index contributed by atoms with van der Waals surface area (Å²) in [5.74, 6) is 0.505. The fourth-order valence-electron chi connectivity index (χ4n) is 1.54. The van der Waals surface area contributed by atoms with E-state index in [0.29, 0.717) is 0 Å². The van der Waals surface area contributed by atoms with Gasteiger partial charge in [-0.3, -0.25) is 4.79 Å². The number of sulfonamides is 1. The van der Waals surface area contributed by atoms with Crippen molar-refractivity contribution < 1.29 is 23.1 Å². The molecule has 0 radical (unpaired) electrons. The Kier molecular flexibility index (Phi) is 5.68. The number of carboxylic acid groups (broad SMARTS) is 1. The smallest absolute Gasteiger partial charge is 0.326 e. The van der Waals surface area contributed by atoms with Crippen molar-refractivity contribution in [3.8, 4) is 12.3 Å². The lowest BCUT2D eigenvalue weighted by atomic mass is 10.2. The lowest BCUT2D eigenvalue weighted by molar-refractivity contribution is -0.141. The quantitative estimate of drug-likeness (QED) is 0.725. The number of rotatable bonds is 6. The van der Waals surface area contributed by atoms with E-state index in [1.54, 1.807) is 0 Å². The van der Waals surface area contributed by atoms with Crippen molar-refractivity contribution in [1.82, 2.24) is 9.62 Å². The SMILES string of the molecule is C#CCNS(=O)(=O)c1ccc(C(=O)N(C)C(C)C(=O)O)cc1. The van der Waals surface area contributed by atoms with Gasteiger partial charge in [0.2, 0.25) is 10.0 Å². The number of aliphatic carboxylic acids is 1. The van der Waals surface area contributed by atoms with Gasteiger partial charge in [-0.2, -0.15) is 4.72 Å². The Balaban J connectivity index is 2.96. The zero-order chi connectivity index (χ0) is 16.9. The first-order valence-electron chi connectivity index (χ1n) is 6.24. The minimum absolute atomic E-state index is 0.0340. The van der Waals surface area contributed by atoms with Crippen molar-refractivity contribution in [1.29, 1.82) is 0 Å². The molecule has 0 aliphatic carbocycles. The number of carbonyl (C=O) groups is 2. The van der Waals surface area contributed by atoms with Gasteiger partial charge in [0.25, 0.3) is 5.91 Å². The first kappa shape index (κ1) is 17.7. The highest BCUT2D eigenvalue weighted by Crippen LogP contribution is 2.13. The molecule has 0 heterocycles.